The largest absolute Gasteiger partial charge is 0.388 e. The lowest BCUT2D eigenvalue weighted by atomic mass is 9.76. The molecule has 1 spiro atoms. The van der Waals surface area contributed by atoms with Gasteiger partial charge in [0.15, 0.2) is 0 Å². The number of nitrogens with one attached hydrogen (secondary N) is 1. The Morgan fingerprint density at radius 2 is 2.20 bits per heavy atom. The molecule has 2 N–H and O–H groups in total. The Morgan fingerprint density at radius 3 is 2.87 bits per heavy atom. The molecule has 0 bridgehead atoms. The van der Waals surface area contributed by atoms with Crippen molar-refractivity contribution in [3.8, 4) is 11.8 Å². The maximum Gasteiger partial charge on any atom is 0.139 e. The molecule has 0 amide bonds. The molecule has 3 fully saturated rings. The highest BCUT2D eigenvalue weighted by Crippen LogP contribution is 2.55. The molecule has 0 aromatic carbocycles. The number of hydroxylamine groups is 1. The number of hydrogen-bond donors (Lipinski definition) is 2. The summed E-state index contributed by atoms with van der Waals surface area (Å²) in [5, 5.41) is 10.1. The van der Waals surface area contributed by atoms with Crippen LogP contribution in [0.5, 0.6) is 0 Å². The highest BCUT2D eigenvalue weighted by Gasteiger charge is 2.68. The molecule has 2 unspecified atom stereocenters. The number of ether oxygens (including phenoxy) is 1. The van der Waals surface area contributed by atoms with Crippen molar-refractivity contribution < 1.29 is 14.7 Å². The summed E-state index contributed by atoms with van der Waals surface area (Å²) in [4.78, 5) is 5.63. The van der Waals surface area contributed by atoms with E-state index in [1.807, 2.05) is 0 Å². The van der Waals surface area contributed by atoms with Crippen LogP contribution in [0.3, 0.4) is 0 Å². The van der Waals surface area contributed by atoms with Crippen molar-refractivity contribution in [2.24, 2.45) is 5.92 Å². The van der Waals surface area contributed by atoms with Crippen molar-refractivity contribution in [1.29, 1.82) is 0 Å². The molecule has 2 heterocycles. The minimum Gasteiger partial charge on any atom is -0.388 e. The fourth-order valence-electron chi connectivity index (χ4n) is 2.73. The summed E-state index contributed by atoms with van der Waals surface area (Å²) in [6.45, 7) is 2.74. The van der Waals surface area contributed by atoms with E-state index in [-0.39, 0.29) is 11.5 Å². The van der Waals surface area contributed by atoms with Crippen molar-refractivity contribution in [3.63, 3.8) is 0 Å². The van der Waals surface area contributed by atoms with E-state index in [1.165, 1.54) is 0 Å². The van der Waals surface area contributed by atoms with Gasteiger partial charge in [-0.1, -0.05) is 5.92 Å². The lowest BCUT2D eigenvalue weighted by Gasteiger charge is -2.38. The lowest BCUT2D eigenvalue weighted by Crippen LogP contribution is -2.60. The van der Waals surface area contributed by atoms with Gasteiger partial charge in [-0.15, -0.1) is 5.92 Å². The first-order chi connectivity index (χ1) is 7.23. The lowest BCUT2D eigenvalue weighted by molar-refractivity contribution is -0.0753. The first kappa shape index (κ1) is 9.61. The molecule has 3 aliphatic rings. The molecule has 0 radical (unpaired) electrons. The predicted molar refractivity (Wildman–Crippen MR) is 52.7 cm³/mol. The van der Waals surface area contributed by atoms with Crippen LogP contribution < -0.4 is 5.48 Å². The second-order valence-corrected chi connectivity index (χ2v) is 4.62. The van der Waals surface area contributed by atoms with E-state index in [0.29, 0.717) is 13.2 Å². The summed E-state index contributed by atoms with van der Waals surface area (Å²) in [7, 11) is 0. The van der Waals surface area contributed by atoms with Crippen LogP contribution in [0.2, 0.25) is 0 Å². The minimum absolute atomic E-state index is 0.120. The van der Waals surface area contributed by atoms with Gasteiger partial charge in [0.05, 0.1) is 18.8 Å². The van der Waals surface area contributed by atoms with Gasteiger partial charge in [-0.25, -0.2) is 0 Å². The van der Waals surface area contributed by atoms with Crippen molar-refractivity contribution in [2.75, 3.05) is 13.2 Å². The Kier molecular flexibility index (Phi) is 1.89. The van der Waals surface area contributed by atoms with E-state index in [4.69, 9.17) is 9.57 Å². The smallest absolute Gasteiger partial charge is 0.139 e. The van der Waals surface area contributed by atoms with Crippen LogP contribution in [0.4, 0.5) is 0 Å². The van der Waals surface area contributed by atoms with Crippen molar-refractivity contribution >= 4 is 0 Å². The van der Waals surface area contributed by atoms with Gasteiger partial charge in [0.25, 0.3) is 0 Å². The summed E-state index contributed by atoms with van der Waals surface area (Å²) in [6, 6.07) is 0. The van der Waals surface area contributed by atoms with E-state index < -0.39 is 11.6 Å². The highest BCUT2D eigenvalue weighted by atomic mass is 16.7. The van der Waals surface area contributed by atoms with Crippen molar-refractivity contribution in [3.05, 3.63) is 0 Å². The normalized spacial score (nSPS) is 45.7. The fraction of sp³-hybridized carbons (Fsp3) is 0.818. The van der Waals surface area contributed by atoms with Gasteiger partial charge in [0, 0.05) is 5.92 Å². The summed E-state index contributed by atoms with van der Waals surface area (Å²) in [6.07, 6.45) is 1.46. The quantitative estimate of drug-likeness (QED) is 0.544. The molecule has 3 rings (SSSR count). The first-order valence-corrected chi connectivity index (χ1v) is 5.38. The number of aliphatic hydroxyl groups excluding tert-OH is 1. The fourth-order valence-corrected chi connectivity index (χ4v) is 2.73. The molecule has 2 aliphatic heterocycles. The number of hydrogen-bond acceptors (Lipinski definition) is 4. The number of fused-ring (bicyclic) bond motifs is 2. The number of rotatable bonds is 0. The van der Waals surface area contributed by atoms with Crippen LogP contribution in [0, 0.1) is 17.8 Å². The molecule has 1 saturated carbocycles. The van der Waals surface area contributed by atoms with Crippen molar-refractivity contribution in [1.82, 2.24) is 5.48 Å². The van der Waals surface area contributed by atoms with Gasteiger partial charge in [0.1, 0.15) is 11.6 Å². The monoisotopic (exact) mass is 209 g/mol. The van der Waals surface area contributed by atoms with Crippen LogP contribution >= 0.6 is 0 Å². The molecule has 15 heavy (non-hydrogen) atoms. The molecule has 2 saturated heterocycles. The third-order valence-corrected chi connectivity index (χ3v) is 3.77. The molecule has 3 atom stereocenters. The average molecular weight is 209 g/mol. The number of aliphatic hydroxyl groups is 1. The third kappa shape index (κ3) is 1.12. The molecular formula is C11H15NO3. The van der Waals surface area contributed by atoms with Gasteiger partial charge in [-0.05, 0) is 19.8 Å². The Hall–Kier alpha value is -0.600. The highest BCUT2D eigenvalue weighted by molar-refractivity contribution is 5.30. The van der Waals surface area contributed by atoms with Crippen LogP contribution in [-0.2, 0) is 9.57 Å². The minimum atomic E-state index is -0.608. The van der Waals surface area contributed by atoms with Gasteiger partial charge in [-0.2, -0.15) is 5.48 Å². The summed E-state index contributed by atoms with van der Waals surface area (Å²) in [5.74, 6) is 6.13. The van der Waals surface area contributed by atoms with Gasteiger partial charge >= 0.3 is 0 Å². The maximum atomic E-state index is 10.1. The molecule has 4 heteroatoms. The summed E-state index contributed by atoms with van der Waals surface area (Å²) in [5.41, 5.74) is 2.24. The zero-order valence-electron chi connectivity index (χ0n) is 8.75. The Morgan fingerprint density at radius 1 is 1.40 bits per heavy atom. The van der Waals surface area contributed by atoms with E-state index in [0.717, 1.165) is 12.8 Å². The SMILES string of the molecule is CC#CC12NOC3(CC3)C1COC[C@@H]2O. The van der Waals surface area contributed by atoms with Gasteiger partial charge in [-0.3, -0.25) is 4.84 Å². The molecular weight excluding hydrogens is 194 g/mol. The summed E-state index contributed by atoms with van der Waals surface area (Å²) >= 11 is 0. The second kappa shape index (κ2) is 2.96. The van der Waals surface area contributed by atoms with E-state index in [2.05, 4.69) is 17.3 Å². The Balaban J connectivity index is 2.00. The van der Waals surface area contributed by atoms with E-state index in [9.17, 15) is 5.11 Å². The predicted octanol–water partition coefficient (Wildman–Crippen LogP) is -0.177. The topological polar surface area (TPSA) is 50.7 Å². The Labute approximate surface area is 88.9 Å². The van der Waals surface area contributed by atoms with Gasteiger partial charge in [0.2, 0.25) is 0 Å². The van der Waals surface area contributed by atoms with Crippen LogP contribution in [0.1, 0.15) is 19.8 Å². The molecule has 4 nitrogen and oxygen atoms in total. The maximum absolute atomic E-state index is 10.1. The van der Waals surface area contributed by atoms with Gasteiger partial charge < -0.3 is 9.84 Å². The van der Waals surface area contributed by atoms with Crippen molar-refractivity contribution in [2.45, 2.75) is 37.0 Å². The molecule has 1 aliphatic carbocycles. The van der Waals surface area contributed by atoms with Crippen LogP contribution in [0.25, 0.3) is 0 Å². The molecule has 0 aromatic heterocycles. The Bertz CT molecular complexity index is 341. The average Bonchev–Trinajstić information content (AvgIpc) is 2.92. The zero-order chi connectivity index (χ0) is 10.5. The standard InChI is InChI=1S/C11H15NO3/c1-2-3-11-8(6-14-7-9(11)13)10(4-5-10)15-12-11/h8-9,12-13H,4-7H2,1H3/t8?,9-,11?/m0/s1. The zero-order valence-corrected chi connectivity index (χ0v) is 8.75. The van der Waals surface area contributed by atoms with Crippen LogP contribution in [-0.4, -0.2) is 35.6 Å². The molecule has 82 valence electrons. The second-order valence-electron chi connectivity index (χ2n) is 4.62. The van der Waals surface area contributed by atoms with E-state index >= 15 is 0 Å². The molecule has 0 aromatic rings. The third-order valence-electron chi connectivity index (χ3n) is 3.77. The van der Waals surface area contributed by atoms with Crippen LogP contribution in [0.15, 0.2) is 0 Å². The summed E-state index contributed by atoms with van der Waals surface area (Å²) < 4.78 is 5.40. The first-order valence-electron chi connectivity index (χ1n) is 5.38. The van der Waals surface area contributed by atoms with E-state index in [1.54, 1.807) is 6.92 Å².